The molecule has 0 atom stereocenters. The molecule has 0 aliphatic carbocycles. The van der Waals surface area contributed by atoms with E-state index in [-0.39, 0.29) is 4.90 Å². The molecule has 166 valence electrons. The van der Waals surface area contributed by atoms with Crippen molar-refractivity contribution in [3.05, 3.63) is 72.3 Å². The number of fused-ring (bicyclic) bond motifs is 1. The fourth-order valence-corrected chi connectivity index (χ4v) is 5.13. The summed E-state index contributed by atoms with van der Waals surface area (Å²) in [6.45, 7) is 0.352. The number of sulfonamides is 1. The van der Waals surface area contributed by atoms with E-state index in [2.05, 4.69) is 10.6 Å². The summed E-state index contributed by atoms with van der Waals surface area (Å²) < 4.78 is 37.9. The van der Waals surface area contributed by atoms with Gasteiger partial charge in [0.1, 0.15) is 11.5 Å². The van der Waals surface area contributed by atoms with Crippen LogP contribution >= 0.6 is 0 Å². The number of benzene rings is 3. The number of amides is 2. The molecule has 8 nitrogen and oxygen atoms in total. The number of rotatable bonds is 6. The Bertz CT molecular complexity index is 1250. The molecule has 0 saturated heterocycles. The van der Waals surface area contributed by atoms with Gasteiger partial charge >= 0.3 is 6.03 Å². The monoisotopic (exact) mass is 453 g/mol. The molecular formula is C23H23N3O5S. The molecule has 0 bridgehead atoms. The maximum absolute atomic E-state index is 13.0. The van der Waals surface area contributed by atoms with Crippen molar-refractivity contribution in [2.45, 2.75) is 11.3 Å². The maximum Gasteiger partial charge on any atom is 0.323 e. The Morgan fingerprint density at radius 3 is 2.44 bits per heavy atom. The summed E-state index contributed by atoms with van der Waals surface area (Å²) in [4.78, 5) is 12.8. The minimum Gasteiger partial charge on any atom is -0.497 e. The molecule has 1 heterocycles. The topological polar surface area (TPSA) is 97.0 Å². The number of methoxy groups -OCH3 is 2. The lowest BCUT2D eigenvalue weighted by Crippen LogP contribution is -2.29. The van der Waals surface area contributed by atoms with Gasteiger partial charge in [-0.3, -0.25) is 4.31 Å². The second kappa shape index (κ2) is 8.80. The van der Waals surface area contributed by atoms with Crippen molar-refractivity contribution >= 4 is 33.1 Å². The molecule has 0 saturated carbocycles. The third-order valence-electron chi connectivity index (χ3n) is 5.18. The van der Waals surface area contributed by atoms with Crippen molar-refractivity contribution in [1.82, 2.24) is 0 Å². The lowest BCUT2D eigenvalue weighted by molar-refractivity contribution is 0.262. The highest BCUT2D eigenvalue weighted by Crippen LogP contribution is 2.35. The zero-order valence-corrected chi connectivity index (χ0v) is 18.5. The fraction of sp³-hybridized carbons (Fsp3) is 0.174. The van der Waals surface area contributed by atoms with Gasteiger partial charge in [-0.1, -0.05) is 18.2 Å². The largest absolute Gasteiger partial charge is 0.497 e. The Kier molecular flexibility index (Phi) is 5.91. The summed E-state index contributed by atoms with van der Waals surface area (Å²) in [7, 11) is -0.575. The molecule has 0 unspecified atom stereocenters. The normalized spacial score (nSPS) is 12.8. The standard InChI is InChI=1S/C23H23N3O5S/c1-30-18-9-10-20(22(15-18)31-2)25-23(27)24-17-8-11-21-16(14-17)12-13-26(21)32(28,29)19-6-4-3-5-7-19/h3-11,14-15H,12-13H2,1-2H3,(H2,24,25,27). The molecule has 0 spiro atoms. The highest BCUT2D eigenvalue weighted by Gasteiger charge is 2.30. The molecule has 9 heteroatoms. The first-order valence-electron chi connectivity index (χ1n) is 9.93. The van der Waals surface area contributed by atoms with E-state index in [4.69, 9.17) is 9.47 Å². The third-order valence-corrected chi connectivity index (χ3v) is 7.01. The van der Waals surface area contributed by atoms with Crippen LogP contribution < -0.4 is 24.4 Å². The van der Waals surface area contributed by atoms with Crippen LogP contribution in [0.1, 0.15) is 5.56 Å². The molecule has 0 aromatic heterocycles. The van der Waals surface area contributed by atoms with Crippen LogP contribution in [0.2, 0.25) is 0 Å². The summed E-state index contributed by atoms with van der Waals surface area (Å²) in [5.41, 5.74) is 2.53. The van der Waals surface area contributed by atoms with Gasteiger partial charge in [0.15, 0.2) is 0 Å². The Balaban J connectivity index is 1.49. The van der Waals surface area contributed by atoms with Crippen molar-refractivity contribution in [3.8, 4) is 11.5 Å². The van der Waals surface area contributed by atoms with E-state index in [0.717, 1.165) is 5.56 Å². The first kappa shape index (κ1) is 21.5. The first-order chi connectivity index (χ1) is 15.4. The van der Waals surface area contributed by atoms with Gasteiger partial charge < -0.3 is 20.1 Å². The summed E-state index contributed by atoms with van der Waals surface area (Å²) in [6.07, 6.45) is 0.560. The molecule has 3 aromatic carbocycles. The molecule has 0 radical (unpaired) electrons. The van der Waals surface area contributed by atoms with E-state index >= 15 is 0 Å². The van der Waals surface area contributed by atoms with E-state index in [1.54, 1.807) is 73.8 Å². The van der Waals surface area contributed by atoms with Gasteiger partial charge in [-0.25, -0.2) is 13.2 Å². The molecule has 3 aromatic rings. The van der Waals surface area contributed by atoms with E-state index in [0.29, 0.717) is 41.5 Å². The number of carbonyl (C=O) groups is 1. The number of ether oxygens (including phenoxy) is 2. The van der Waals surface area contributed by atoms with Crippen LogP contribution in [-0.4, -0.2) is 35.2 Å². The zero-order chi connectivity index (χ0) is 22.7. The summed E-state index contributed by atoms with van der Waals surface area (Å²) >= 11 is 0. The quantitative estimate of drug-likeness (QED) is 0.586. The number of nitrogens with one attached hydrogen (secondary N) is 2. The first-order valence-corrected chi connectivity index (χ1v) is 11.4. The van der Waals surface area contributed by atoms with Crippen molar-refractivity contribution in [2.24, 2.45) is 0 Å². The molecule has 32 heavy (non-hydrogen) atoms. The number of hydrogen-bond donors (Lipinski definition) is 2. The van der Waals surface area contributed by atoms with E-state index < -0.39 is 16.1 Å². The Labute approximate surface area is 186 Å². The predicted molar refractivity (Wildman–Crippen MR) is 123 cm³/mol. The minimum absolute atomic E-state index is 0.253. The van der Waals surface area contributed by atoms with Crippen LogP contribution in [0.5, 0.6) is 11.5 Å². The Hall–Kier alpha value is -3.72. The number of hydrogen-bond acceptors (Lipinski definition) is 5. The van der Waals surface area contributed by atoms with Crippen LogP contribution in [0.25, 0.3) is 0 Å². The molecule has 4 rings (SSSR count). The summed E-state index contributed by atoms with van der Waals surface area (Å²) in [5.74, 6) is 1.08. The van der Waals surface area contributed by atoms with Gasteiger partial charge in [0.25, 0.3) is 10.0 Å². The highest BCUT2D eigenvalue weighted by molar-refractivity contribution is 7.92. The number of nitrogens with zero attached hydrogens (tertiary/aromatic N) is 1. The molecule has 2 amide bonds. The molecule has 1 aliphatic heterocycles. The summed E-state index contributed by atoms with van der Waals surface area (Å²) in [5, 5.41) is 5.53. The maximum atomic E-state index is 13.0. The van der Waals surface area contributed by atoms with Gasteiger partial charge in [0, 0.05) is 18.3 Å². The van der Waals surface area contributed by atoms with Crippen molar-refractivity contribution in [1.29, 1.82) is 0 Å². The highest BCUT2D eigenvalue weighted by atomic mass is 32.2. The Morgan fingerprint density at radius 1 is 0.938 bits per heavy atom. The van der Waals surface area contributed by atoms with E-state index in [1.165, 1.54) is 11.4 Å². The van der Waals surface area contributed by atoms with Gasteiger partial charge in [0.2, 0.25) is 0 Å². The second-order valence-electron chi connectivity index (χ2n) is 7.13. The number of anilines is 3. The second-order valence-corrected chi connectivity index (χ2v) is 8.99. The number of urea groups is 1. The SMILES string of the molecule is COc1ccc(NC(=O)Nc2ccc3c(c2)CCN3S(=O)(=O)c2ccccc2)c(OC)c1. The van der Waals surface area contributed by atoms with Crippen LogP contribution in [0, 0.1) is 0 Å². The smallest absolute Gasteiger partial charge is 0.323 e. The van der Waals surface area contributed by atoms with Crippen LogP contribution in [0.3, 0.4) is 0 Å². The lowest BCUT2D eigenvalue weighted by Gasteiger charge is -2.20. The van der Waals surface area contributed by atoms with Gasteiger partial charge in [0.05, 0.1) is 30.5 Å². The summed E-state index contributed by atoms with van der Waals surface area (Å²) in [6, 6.07) is 18.2. The van der Waals surface area contributed by atoms with Gasteiger partial charge in [-0.05, 0) is 54.4 Å². The van der Waals surface area contributed by atoms with Crippen LogP contribution in [0.4, 0.5) is 21.9 Å². The third kappa shape index (κ3) is 4.19. The van der Waals surface area contributed by atoms with Crippen molar-refractivity contribution in [3.63, 3.8) is 0 Å². The fourth-order valence-electron chi connectivity index (χ4n) is 3.61. The Morgan fingerprint density at radius 2 is 1.72 bits per heavy atom. The molecule has 2 N–H and O–H groups in total. The molecular weight excluding hydrogens is 430 g/mol. The molecule has 1 aliphatic rings. The zero-order valence-electron chi connectivity index (χ0n) is 17.7. The van der Waals surface area contributed by atoms with Crippen molar-refractivity contribution in [2.75, 3.05) is 35.7 Å². The molecule has 0 fully saturated rings. The van der Waals surface area contributed by atoms with E-state index in [9.17, 15) is 13.2 Å². The average Bonchev–Trinajstić information content (AvgIpc) is 3.24. The predicted octanol–water partition coefficient (Wildman–Crippen LogP) is 4.10. The van der Waals surface area contributed by atoms with Gasteiger partial charge in [-0.15, -0.1) is 0 Å². The van der Waals surface area contributed by atoms with Crippen LogP contribution in [-0.2, 0) is 16.4 Å². The number of carbonyl (C=O) groups excluding carboxylic acids is 1. The lowest BCUT2D eigenvalue weighted by atomic mass is 10.1. The van der Waals surface area contributed by atoms with Gasteiger partial charge in [-0.2, -0.15) is 0 Å². The average molecular weight is 454 g/mol. The van der Waals surface area contributed by atoms with E-state index in [1.807, 2.05) is 0 Å². The minimum atomic E-state index is -3.63. The van der Waals surface area contributed by atoms with Crippen LogP contribution in [0.15, 0.2) is 71.6 Å². The van der Waals surface area contributed by atoms with Crippen molar-refractivity contribution < 1.29 is 22.7 Å².